The summed E-state index contributed by atoms with van der Waals surface area (Å²) in [5.41, 5.74) is 5.08. The zero-order valence-electron chi connectivity index (χ0n) is 15.5. The number of hydrogen-bond acceptors (Lipinski definition) is 5. The highest BCUT2D eigenvalue weighted by Crippen LogP contribution is 2.18. The smallest absolute Gasteiger partial charge is 0.245 e. The summed E-state index contributed by atoms with van der Waals surface area (Å²) >= 11 is 0. The molecule has 5 N–H and O–H groups in total. The van der Waals surface area contributed by atoms with Crippen molar-refractivity contribution < 1.29 is 24.0 Å². The minimum absolute atomic E-state index is 0.333. The van der Waals surface area contributed by atoms with Gasteiger partial charge in [-0.2, -0.15) is 0 Å². The molecule has 1 aliphatic rings. The van der Waals surface area contributed by atoms with Gasteiger partial charge >= 0.3 is 0 Å². The molecule has 1 aliphatic heterocycles. The summed E-state index contributed by atoms with van der Waals surface area (Å²) < 4.78 is 0. The van der Waals surface area contributed by atoms with Crippen LogP contribution in [0.25, 0.3) is 0 Å². The Morgan fingerprint density at radius 2 is 1.58 bits per heavy atom. The summed E-state index contributed by atoms with van der Waals surface area (Å²) in [6, 6.07) is -3.19. The normalized spacial score (nSPS) is 19.8. The summed E-state index contributed by atoms with van der Waals surface area (Å²) in [5.74, 6) is -2.37. The van der Waals surface area contributed by atoms with Crippen LogP contribution in [0.4, 0.5) is 0 Å². The van der Waals surface area contributed by atoms with Gasteiger partial charge in [0, 0.05) is 13.5 Å². The van der Waals surface area contributed by atoms with Crippen LogP contribution in [0.2, 0.25) is 0 Å². The Hall–Kier alpha value is -2.65. The molecule has 0 aromatic rings. The van der Waals surface area contributed by atoms with Crippen LogP contribution in [0.15, 0.2) is 0 Å². The van der Waals surface area contributed by atoms with Crippen LogP contribution in [-0.4, -0.2) is 65.1 Å². The van der Waals surface area contributed by atoms with Crippen LogP contribution in [0.5, 0.6) is 0 Å². The molecule has 0 aromatic heterocycles. The maximum atomic E-state index is 12.5. The molecule has 1 fully saturated rings. The van der Waals surface area contributed by atoms with Crippen molar-refractivity contribution in [1.82, 2.24) is 20.9 Å². The van der Waals surface area contributed by atoms with Crippen molar-refractivity contribution in [2.75, 3.05) is 6.54 Å². The average molecular weight is 369 g/mol. The summed E-state index contributed by atoms with van der Waals surface area (Å²) in [7, 11) is 0. The summed E-state index contributed by atoms with van der Waals surface area (Å²) in [5, 5.41) is 7.44. The number of carbonyl (C=O) groups excluding carboxylic acids is 5. The van der Waals surface area contributed by atoms with E-state index in [1.165, 1.54) is 25.7 Å². The Morgan fingerprint density at radius 1 is 0.962 bits per heavy atom. The molecule has 10 heteroatoms. The SMILES string of the molecule is CC(=O)N[C@@H](C)C(=O)N1CCC[C@@H]1C(=O)N[C@H](C)C(=O)N[C@@H](C)C(N)=O. The van der Waals surface area contributed by atoms with Crippen molar-refractivity contribution in [2.45, 2.75) is 64.7 Å². The first kappa shape index (κ1) is 21.4. The van der Waals surface area contributed by atoms with Crippen LogP contribution in [0.3, 0.4) is 0 Å². The molecule has 5 amide bonds. The van der Waals surface area contributed by atoms with Crippen LogP contribution in [0.1, 0.15) is 40.5 Å². The van der Waals surface area contributed by atoms with Gasteiger partial charge in [-0.25, -0.2) is 0 Å². The Bertz CT molecular complexity index is 594. The number of primary amides is 1. The van der Waals surface area contributed by atoms with Crippen LogP contribution in [-0.2, 0) is 24.0 Å². The topological polar surface area (TPSA) is 151 Å². The molecular weight excluding hydrogens is 342 g/mol. The third kappa shape index (κ3) is 5.71. The van der Waals surface area contributed by atoms with E-state index >= 15 is 0 Å². The van der Waals surface area contributed by atoms with Gasteiger partial charge in [-0.1, -0.05) is 0 Å². The fourth-order valence-electron chi connectivity index (χ4n) is 2.70. The summed E-state index contributed by atoms with van der Waals surface area (Å²) in [6.45, 7) is 6.18. The molecule has 1 heterocycles. The van der Waals surface area contributed by atoms with E-state index in [1.807, 2.05) is 0 Å². The van der Waals surface area contributed by atoms with Gasteiger partial charge < -0.3 is 26.6 Å². The van der Waals surface area contributed by atoms with Gasteiger partial charge in [-0.15, -0.1) is 0 Å². The van der Waals surface area contributed by atoms with Crippen molar-refractivity contribution in [3.05, 3.63) is 0 Å². The van der Waals surface area contributed by atoms with E-state index < -0.39 is 41.9 Å². The third-order valence-corrected chi connectivity index (χ3v) is 4.17. The molecule has 1 saturated heterocycles. The first-order chi connectivity index (χ1) is 12.0. The lowest BCUT2D eigenvalue weighted by atomic mass is 10.1. The monoisotopic (exact) mass is 369 g/mol. The Kier molecular flexibility index (Phi) is 7.54. The summed E-state index contributed by atoms with van der Waals surface area (Å²) in [6.07, 6.45) is 1.12. The molecule has 0 saturated carbocycles. The van der Waals surface area contributed by atoms with Gasteiger partial charge in [0.25, 0.3) is 0 Å². The second kappa shape index (κ2) is 9.16. The second-order valence-corrected chi connectivity index (χ2v) is 6.47. The van der Waals surface area contributed by atoms with Crippen molar-refractivity contribution in [2.24, 2.45) is 5.73 Å². The first-order valence-corrected chi connectivity index (χ1v) is 8.52. The molecule has 0 spiro atoms. The molecule has 0 bridgehead atoms. The Labute approximate surface area is 152 Å². The highest BCUT2D eigenvalue weighted by Gasteiger charge is 2.37. The minimum Gasteiger partial charge on any atom is -0.368 e. The number of nitrogens with two attached hydrogens (primary N) is 1. The van der Waals surface area contributed by atoms with Gasteiger partial charge in [0.15, 0.2) is 0 Å². The van der Waals surface area contributed by atoms with Crippen molar-refractivity contribution >= 4 is 29.5 Å². The molecular formula is C16H27N5O5. The van der Waals surface area contributed by atoms with Gasteiger partial charge in [-0.3, -0.25) is 24.0 Å². The van der Waals surface area contributed by atoms with E-state index in [-0.39, 0.29) is 11.8 Å². The molecule has 10 nitrogen and oxygen atoms in total. The average Bonchev–Trinajstić information content (AvgIpc) is 3.02. The molecule has 0 unspecified atom stereocenters. The second-order valence-electron chi connectivity index (χ2n) is 6.47. The van der Waals surface area contributed by atoms with E-state index in [4.69, 9.17) is 5.73 Å². The predicted octanol–water partition coefficient (Wildman–Crippen LogP) is -2.00. The molecule has 26 heavy (non-hydrogen) atoms. The maximum absolute atomic E-state index is 12.5. The van der Waals surface area contributed by atoms with Crippen molar-refractivity contribution in [3.8, 4) is 0 Å². The van der Waals surface area contributed by atoms with Crippen molar-refractivity contribution in [3.63, 3.8) is 0 Å². The van der Waals surface area contributed by atoms with E-state index in [1.54, 1.807) is 6.92 Å². The van der Waals surface area contributed by atoms with E-state index in [9.17, 15) is 24.0 Å². The molecule has 0 aromatic carbocycles. The maximum Gasteiger partial charge on any atom is 0.245 e. The van der Waals surface area contributed by atoms with Gasteiger partial charge in [0.1, 0.15) is 24.2 Å². The standard InChI is InChI=1S/C16H27N5O5/c1-8(13(17)23)19-14(24)9(2)20-15(25)12-6-5-7-21(12)16(26)10(3)18-11(4)22/h8-10,12H,5-7H2,1-4H3,(H2,17,23)(H,18,22)(H,19,24)(H,20,25)/t8-,9+,10-,12+/m0/s1. The van der Waals surface area contributed by atoms with Gasteiger partial charge in [0.05, 0.1) is 0 Å². The number of nitrogens with one attached hydrogen (secondary N) is 3. The van der Waals surface area contributed by atoms with Gasteiger partial charge in [-0.05, 0) is 33.6 Å². The lowest BCUT2D eigenvalue weighted by molar-refractivity contribution is -0.141. The number of hydrogen-bond donors (Lipinski definition) is 4. The van der Waals surface area contributed by atoms with E-state index in [2.05, 4.69) is 16.0 Å². The highest BCUT2D eigenvalue weighted by molar-refractivity contribution is 5.95. The quantitative estimate of drug-likeness (QED) is 0.409. The minimum atomic E-state index is -0.894. The number of carbonyl (C=O) groups is 5. The fourth-order valence-corrected chi connectivity index (χ4v) is 2.70. The number of nitrogens with zero attached hydrogens (tertiary/aromatic N) is 1. The molecule has 1 rings (SSSR count). The van der Waals surface area contributed by atoms with E-state index in [0.29, 0.717) is 19.4 Å². The van der Waals surface area contributed by atoms with Crippen LogP contribution >= 0.6 is 0 Å². The lowest BCUT2D eigenvalue weighted by Crippen LogP contribution is -2.56. The lowest BCUT2D eigenvalue weighted by Gasteiger charge is -2.28. The fraction of sp³-hybridized carbons (Fsp3) is 0.688. The van der Waals surface area contributed by atoms with Crippen molar-refractivity contribution in [1.29, 1.82) is 0 Å². The number of rotatable bonds is 7. The molecule has 146 valence electrons. The largest absolute Gasteiger partial charge is 0.368 e. The Balaban J connectivity index is 2.67. The van der Waals surface area contributed by atoms with Crippen LogP contribution in [0, 0.1) is 0 Å². The molecule has 0 radical (unpaired) electrons. The molecule has 0 aliphatic carbocycles. The Morgan fingerprint density at radius 3 is 2.12 bits per heavy atom. The summed E-state index contributed by atoms with van der Waals surface area (Å²) in [4.78, 5) is 60.4. The first-order valence-electron chi connectivity index (χ1n) is 8.52. The van der Waals surface area contributed by atoms with Gasteiger partial charge in [0.2, 0.25) is 29.5 Å². The number of amides is 5. The predicted molar refractivity (Wildman–Crippen MR) is 92.4 cm³/mol. The zero-order valence-corrected chi connectivity index (χ0v) is 15.5. The molecule has 4 atom stereocenters. The third-order valence-electron chi connectivity index (χ3n) is 4.17. The zero-order chi connectivity index (χ0) is 20.0. The van der Waals surface area contributed by atoms with Crippen LogP contribution < -0.4 is 21.7 Å². The number of likely N-dealkylation sites (tertiary alicyclic amines) is 1. The highest BCUT2D eigenvalue weighted by atomic mass is 16.2. The van der Waals surface area contributed by atoms with E-state index in [0.717, 1.165) is 0 Å².